The Morgan fingerprint density at radius 3 is 2.59 bits per heavy atom. The minimum absolute atomic E-state index is 0.0649. The zero-order chi connectivity index (χ0) is 27.3. The Hall–Kier alpha value is -4.67. The van der Waals surface area contributed by atoms with Crippen molar-refractivity contribution in [1.29, 1.82) is 0 Å². The normalized spacial score (nSPS) is 15.0. The van der Waals surface area contributed by atoms with E-state index in [2.05, 4.69) is 19.9 Å². The van der Waals surface area contributed by atoms with Gasteiger partial charge in [-0.15, -0.1) is 0 Å². The maximum atomic E-state index is 15.5. The van der Waals surface area contributed by atoms with Gasteiger partial charge >= 0.3 is 6.18 Å². The molecule has 1 amide bonds. The predicted octanol–water partition coefficient (Wildman–Crippen LogP) is 5.64. The summed E-state index contributed by atoms with van der Waals surface area (Å²) in [6.45, 7) is -0.0649. The number of hydrogen-bond donors (Lipinski definition) is 1. The third-order valence-corrected chi connectivity index (χ3v) is 7.03. The first-order valence-electron chi connectivity index (χ1n) is 12.1. The standard InChI is InChI=1S/C28H20F4N6O/c29-22-12-23-19(21-13-34-9-6-18(21)26(33)37-23)11-20(22)27(39)38(14-25-35-7-1-8-36-25)24-5-2-15-10-16(28(30,31)32)3-4-17(15)24/h1,3-4,6-13,24H,2,5,14H2,(H2,33,37). The van der Waals surface area contributed by atoms with Crippen molar-refractivity contribution in [3.05, 3.63) is 101 Å². The molecule has 3 aromatic heterocycles. The van der Waals surface area contributed by atoms with Crippen LogP contribution in [0.15, 0.2) is 67.3 Å². The number of aromatic nitrogens is 4. The highest BCUT2D eigenvalue weighted by Crippen LogP contribution is 2.41. The van der Waals surface area contributed by atoms with Gasteiger partial charge in [0.05, 0.1) is 29.2 Å². The number of nitrogen functional groups attached to an aromatic ring is 1. The van der Waals surface area contributed by atoms with E-state index in [-0.39, 0.29) is 23.4 Å². The van der Waals surface area contributed by atoms with Gasteiger partial charge in [0.1, 0.15) is 17.5 Å². The van der Waals surface area contributed by atoms with Gasteiger partial charge in [-0.3, -0.25) is 9.78 Å². The fourth-order valence-corrected chi connectivity index (χ4v) is 5.19. The van der Waals surface area contributed by atoms with Gasteiger partial charge in [-0.05, 0) is 54.3 Å². The van der Waals surface area contributed by atoms with Gasteiger partial charge in [-0.2, -0.15) is 13.2 Å². The van der Waals surface area contributed by atoms with Gasteiger partial charge in [-0.1, -0.05) is 6.07 Å². The van der Waals surface area contributed by atoms with Gasteiger partial charge in [-0.25, -0.2) is 19.3 Å². The summed E-state index contributed by atoms with van der Waals surface area (Å²) in [4.78, 5) is 32.3. The first-order valence-corrected chi connectivity index (χ1v) is 12.1. The number of nitrogens with two attached hydrogens (primary N) is 1. The SMILES string of the molecule is Nc1nc2cc(F)c(C(=O)N(Cc3ncccn3)C3CCc4cc(C(F)(F)F)ccc43)cc2c2cnccc12. The van der Waals surface area contributed by atoms with Crippen LogP contribution in [0.1, 0.15) is 45.3 Å². The molecule has 0 spiro atoms. The molecule has 0 fully saturated rings. The molecule has 3 heterocycles. The number of anilines is 1. The lowest BCUT2D eigenvalue weighted by molar-refractivity contribution is -0.137. The van der Waals surface area contributed by atoms with Crippen LogP contribution in [0.2, 0.25) is 0 Å². The molecular formula is C28H20F4N6O. The lowest BCUT2D eigenvalue weighted by Crippen LogP contribution is -2.34. The number of nitrogens with zero attached hydrogens (tertiary/aromatic N) is 5. The molecule has 1 atom stereocenters. The summed E-state index contributed by atoms with van der Waals surface area (Å²) in [5, 5.41) is 1.72. The molecule has 0 aliphatic heterocycles. The fourth-order valence-electron chi connectivity index (χ4n) is 5.19. The van der Waals surface area contributed by atoms with E-state index in [1.807, 2.05) is 0 Å². The van der Waals surface area contributed by atoms with Crippen LogP contribution in [-0.2, 0) is 19.1 Å². The van der Waals surface area contributed by atoms with Crippen molar-refractivity contribution in [2.75, 3.05) is 5.73 Å². The van der Waals surface area contributed by atoms with Crippen molar-refractivity contribution in [3.63, 3.8) is 0 Å². The molecule has 0 saturated carbocycles. The zero-order valence-corrected chi connectivity index (χ0v) is 20.3. The Balaban J connectivity index is 1.47. The Labute approximate surface area is 219 Å². The number of alkyl halides is 3. The van der Waals surface area contributed by atoms with Gasteiger partial charge in [0, 0.05) is 47.0 Å². The summed E-state index contributed by atoms with van der Waals surface area (Å²) in [7, 11) is 0. The Morgan fingerprint density at radius 2 is 1.82 bits per heavy atom. The van der Waals surface area contributed by atoms with Crippen molar-refractivity contribution < 1.29 is 22.4 Å². The van der Waals surface area contributed by atoms with Gasteiger partial charge in [0.25, 0.3) is 5.91 Å². The number of carbonyl (C=O) groups is 1. The van der Waals surface area contributed by atoms with E-state index in [9.17, 15) is 18.0 Å². The van der Waals surface area contributed by atoms with E-state index in [1.54, 1.807) is 24.5 Å². The molecule has 1 unspecified atom stereocenters. The smallest absolute Gasteiger partial charge is 0.383 e. The van der Waals surface area contributed by atoms with Gasteiger partial charge < -0.3 is 10.6 Å². The minimum atomic E-state index is -4.48. The van der Waals surface area contributed by atoms with Crippen LogP contribution < -0.4 is 5.73 Å². The first kappa shape index (κ1) is 24.7. The summed E-state index contributed by atoms with van der Waals surface area (Å²) < 4.78 is 55.4. The van der Waals surface area contributed by atoms with Crippen LogP contribution in [-0.4, -0.2) is 30.7 Å². The summed E-state index contributed by atoms with van der Waals surface area (Å²) in [6.07, 6.45) is 2.40. The average molecular weight is 533 g/mol. The molecule has 0 saturated heterocycles. The van der Waals surface area contributed by atoms with Crippen LogP contribution in [0, 0.1) is 5.82 Å². The summed E-state index contributed by atoms with van der Waals surface area (Å²) in [5.74, 6) is -0.917. The number of pyridine rings is 2. The number of rotatable bonds is 4. The lowest BCUT2D eigenvalue weighted by atomic mass is 10.0. The molecule has 196 valence electrons. The lowest BCUT2D eigenvalue weighted by Gasteiger charge is -2.30. The molecular weight excluding hydrogens is 512 g/mol. The third-order valence-electron chi connectivity index (χ3n) is 7.03. The second-order valence-electron chi connectivity index (χ2n) is 9.33. The minimum Gasteiger partial charge on any atom is -0.383 e. The molecule has 7 nitrogen and oxygen atoms in total. The quantitative estimate of drug-likeness (QED) is 0.238. The summed E-state index contributed by atoms with van der Waals surface area (Å²) in [6, 6.07) is 8.80. The predicted molar refractivity (Wildman–Crippen MR) is 136 cm³/mol. The molecule has 0 bridgehead atoms. The second-order valence-corrected chi connectivity index (χ2v) is 9.33. The van der Waals surface area contributed by atoms with Crippen molar-refractivity contribution >= 4 is 33.4 Å². The number of halogens is 4. The fraction of sp³-hybridized carbons (Fsp3) is 0.179. The monoisotopic (exact) mass is 532 g/mol. The van der Waals surface area contributed by atoms with Crippen molar-refractivity contribution in [1.82, 2.24) is 24.8 Å². The number of aryl methyl sites for hydroxylation is 1. The van der Waals surface area contributed by atoms with E-state index >= 15 is 4.39 Å². The number of carbonyl (C=O) groups excluding carboxylic acids is 1. The highest BCUT2D eigenvalue weighted by molar-refractivity contribution is 6.11. The van der Waals surface area contributed by atoms with Crippen LogP contribution in [0.3, 0.4) is 0 Å². The molecule has 0 radical (unpaired) electrons. The number of hydrogen-bond acceptors (Lipinski definition) is 6. The highest BCUT2D eigenvalue weighted by Gasteiger charge is 2.36. The topological polar surface area (TPSA) is 97.9 Å². The molecule has 1 aliphatic rings. The van der Waals surface area contributed by atoms with Crippen LogP contribution in [0.25, 0.3) is 21.7 Å². The Morgan fingerprint density at radius 1 is 1.03 bits per heavy atom. The number of benzene rings is 2. The van der Waals surface area contributed by atoms with Crippen LogP contribution in [0.5, 0.6) is 0 Å². The largest absolute Gasteiger partial charge is 0.416 e. The maximum Gasteiger partial charge on any atom is 0.416 e. The number of fused-ring (bicyclic) bond motifs is 4. The van der Waals surface area contributed by atoms with E-state index in [4.69, 9.17) is 5.73 Å². The molecule has 5 aromatic rings. The average Bonchev–Trinajstić information content (AvgIpc) is 3.34. The molecule has 6 rings (SSSR count). The second kappa shape index (κ2) is 9.26. The third kappa shape index (κ3) is 4.39. The van der Waals surface area contributed by atoms with Crippen LogP contribution >= 0.6 is 0 Å². The Kier molecular flexibility index (Phi) is 5.86. The van der Waals surface area contributed by atoms with E-state index in [0.717, 1.165) is 18.2 Å². The molecule has 1 aliphatic carbocycles. The van der Waals surface area contributed by atoms with Crippen molar-refractivity contribution in [3.8, 4) is 0 Å². The van der Waals surface area contributed by atoms with Crippen LogP contribution in [0.4, 0.5) is 23.4 Å². The Bertz CT molecular complexity index is 1740. The maximum absolute atomic E-state index is 15.5. The van der Waals surface area contributed by atoms with E-state index < -0.39 is 29.5 Å². The molecule has 11 heteroatoms. The molecule has 2 N–H and O–H groups in total. The molecule has 2 aromatic carbocycles. The van der Waals surface area contributed by atoms with Gasteiger partial charge in [0.15, 0.2) is 0 Å². The zero-order valence-electron chi connectivity index (χ0n) is 20.3. The van der Waals surface area contributed by atoms with Crippen molar-refractivity contribution in [2.24, 2.45) is 0 Å². The molecule has 39 heavy (non-hydrogen) atoms. The summed E-state index contributed by atoms with van der Waals surface area (Å²) in [5.41, 5.74) is 6.43. The summed E-state index contributed by atoms with van der Waals surface area (Å²) >= 11 is 0. The number of amides is 1. The van der Waals surface area contributed by atoms with E-state index in [0.29, 0.717) is 46.0 Å². The first-order chi connectivity index (χ1) is 18.7. The van der Waals surface area contributed by atoms with E-state index in [1.165, 1.54) is 29.4 Å². The highest BCUT2D eigenvalue weighted by atomic mass is 19.4. The van der Waals surface area contributed by atoms with Gasteiger partial charge in [0.2, 0.25) is 0 Å². The van der Waals surface area contributed by atoms with Crippen molar-refractivity contribution in [2.45, 2.75) is 31.6 Å².